The number of amides is 4. The standard InChI is InChI=1S/C17H12BrFN2O3.C15H10BrFO2.CH3NO/c18-10-4-5-13-12(7-10)17(15(22)20-16(23)21-17)8-14(24-13)9-2-1-3-11(19)6-9;16-10-4-5-14-12(7-10)13(18)8-15(19-14)9-2-1-3-11(17)6-9;2-1-3/h1-7,14H,8H2,(H2,20,21,22,23);1-7,15H,8H2;1H,(H2,2,3). The molecule has 3 unspecified atom stereocenters. The Bertz CT molecular complexity index is 1840. The number of carbonyl (C=O) groups is 4. The Hall–Kier alpha value is -4.62. The fourth-order valence-corrected chi connectivity index (χ4v) is 6.15. The molecule has 236 valence electrons. The lowest BCUT2D eigenvalue weighted by atomic mass is 9.80. The van der Waals surface area contributed by atoms with Gasteiger partial charge in [-0.2, -0.15) is 0 Å². The normalized spacial score (nSPS) is 20.7. The number of ether oxygens (including phenoxy) is 2. The van der Waals surface area contributed by atoms with E-state index in [1.54, 1.807) is 54.6 Å². The Morgan fingerprint density at radius 3 is 1.96 bits per heavy atom. The van der Waals surface area contributed by atoms with Crippen molar-refractivity contribution < 1.29 is 37.4 Å². The molecule has 1 spiro atoms. The van der Waals surface area contributed by atoms with Crippen molar-refractivity contribution >= 4 is 56.0 Å². The maximum absolute atomic E-state index is 13.6. The quantitative estimate of drug-likeness (QED) is 0.157. The molecule has 0 aromatic heterocycles. The number of benzene rings is 4. The van der Waals surface area contributed by atoms with E-state index in [0.717, 1.165) is 8.95 Å². The molecule has 0 bridgehead atoms. The number of rotatable bonds is 2. The summed E-state index contributed by atoms with van der Waals surface area (Å²) >= 11 is 6.71. The molecule has 3 aliphatic heterocycles. The highest BCUT2D eigenvalue weighted by Crippen LogP contribution is 2.47. The van der Waals surface area contributed by atoms with E-state index in [1.807, 2.05) is 6.07 Å². The van der Waals surface area contributed by atoms with Crippen LogP contribution in [0.2, 0.25) is 0 Å². The van der Waals surface area contributed by atoms with Gasteiger partial charge >= 0.3 is 6.03 Å². The monoisotopic (exact) mass is 755 g/mol. The number of halogens is 4. The van der Waals surface area contributed by atoms with Gasteiger partial charge in [0.1, 0.15) is 35.3 Å². The Kier molecular flexibility index (Phi) is 9.82. The first-order valence-electron chi connectivity index (χ1n) is 13.8. The summed E-state index contributed by atoms with van der Waals surface area (Å²) in [6.07, 6.45) is -0.319. The Morgan fingerprint density at radius 2 is 1.37 bits per heavy atom. The first kappa shape index (κ1) is 32.8. The summed E-state index contributed by atoms with van der Waals surface area (Å²) in [6, 6.07) is 22.2. The predicted octanol–water partition coefficient (Wildman–Crippen LogP) is 6.54. The van der Waals surface area contributed by atoms with Crippen LogP contribution in [0.15, 0.2) is 93.9 Å². The van der Waals surface area contributed by atoms with Gasteiger partial charge in [-0.25, -0.2) is 13.6 Å². The van der Waals surface area contributed by atoms with E-state index >= 15 is 0 Å². The molecule has 4 aromatic carbocycles. The van der Waals surface area contributed by atoms with Crippen molar-refractivity contribution in [2.45, 2.75) is 30.6 Å². The van der Waals surface area contributed by atoms with Gasteiger partial charge in [-0.15, -0.1) is 0 Å². The van der Waals surface area contributed by atoms with E-state index in [-0.39, 0.29) is 36.7 Å². The van der Waals surface area contributed by atoms with Crippen LogP contribution >= 0.6 is 31.9 Å². The zero-order valence-corrected chi connectivity index (χ0v) is 26.9. The van der Waals surface area contributed by atoms with E-state index in [4.69, 9.17) is 14.3 Å². The van der Waals surface area contributed by atoms with Crippen LogP contribution in [0.25, 0.3) is 0 Å². The van der Waals surface area contributed by atoms with E-state index in [9.17, 15) is 23.2 Å². The van der Waals surface area contributed by atoms with E-state index in [0.29, 0.717) is 33.8 Å². The van der Waals surface area contributed by atoms with Gasteiger partial charge in [0.15, 0.2) is 11.3 Å². The summed E-state index contributed by atoms with van der Waals surface area (Å²) in [5.74, 6) is -0.0973. The molecule has 1 fully saturated rings. The van der Waals surface area contributed by atoms with Crippen LogP contribution in [-0.4, -0.2) is 24.1 Å². The van der Waals surface area contributed by atoms with E-state index in [1.165, 1.54) is 24.3 Å². The van der Waals surface area contributed by atoms with Gasteiger partial charge in [0.25, 0.3) is 5.91 Å². The number of urea groups is 1. The predicted molar refractivity (Wildman–Crippen MR) is 170 cm³/mol. The number of hydrogen-bond acceptors (Lipinski definition) is 6. The van der Waals surface area contributed by atoms with Crippen molar-refractivity contribution in [3.05, 3.63) is 128 Å². The summed E-state index contributed by atoms with van der Waals surface area (Å²) in [6.45, 7) is 0. The van der Waals surface area contributed by atoms with Crippen molar-refractivity contribution in [2.75, 3.05) is 0 Å². The van der Waals surface area contributed by atoms with Gasteiger partial charge in [-0.05, 0) is 71.8 Å². The molecule has 4 aromatic rings. The second-order valence-corrected chi connectivity index (χ2v) is 12.2. The number of nitrogens with two attached hydrogens (primary N) is 1. The molecule has 13 heteroatoms. The lowest BCUT2D eigenvalue weighted by Crippen LogP contribution is -2.48. The first-order valence-corrected chi connectivity index (χ1v) is 15.4. The highest BCUT2D eigenvalue weighted by atomic mass is 79.9. The molecule has 46 heavy (non-hydrogen) atoms. The minimum Gasteiger partial charge on any atom is -0.485 e. The number of carbonyl (C=O) groups excluding carboxylic acids is 4. The van der Waals surface area contributed by atoms with Crippen LogP contribution in [0.4, 0.5) is 13.6 Å². The zero-order valence-electron chi connectivity index (χ0n) is 23.8. The topological polar surface area (TPSA) is 137 Å². The number of fused-ring (bicyclic) bond motifs is 3. The SMILES string of the molecule is NC=O.O=C1CC(c2cccc(F)c2)Oc2ccc(Br)cc21.O=C1NC(=O)C2(CC(c3cccc(F)c3)Oc3ccc(Br)cc32)N1. The third-order valence-electron chi connectivity index (χ3n) is 7.43. The summed E-state index contributed by atoms with van der Waals surface area (Å²) in [5.41, 5.74) is 5.37. The molecule has 4 amide bonds. The number of primary amides is 1. The minimum atomic E-state index is -1.23. The van der Waals surface area contributed by atoms with Gasteiger partial charge in [0, 0.05) is 20.9 Å². The molecule has 1 saturated heterocycles. The molecule has 4 N–H and O–H groups in total. The van der Waals surface area contributed by atoms with Crippen molar-refractivity contribution in [2.24, 2.45) is 5.73 Å². The van der Waals surface area contributed by atoms with Crippen molar-refractivity contribution in [1.82, 2.24) is 10.6 Å². The average molecular weight is 757 g/mol. The Morgan fingerprint density at radius 1 is 0.804 bits per heavy atom. The first-order chi connectivity index (χ1) is 22.0. The van der Waals surface area contributed by atoms with Crippen LogP contribution in [0.5, 0.6) is 11.5 Å². The fourth-order valence-electron chi connectivity index (χ4n) is 5.43. The van der Waals surface area contributed by atoms with Gasteiger partial charge in [0.05, 0.1) is 12.0 Å². The number of hydrogen-bond donors (Lipinski definition) is 3. The molecule has 3 atom stereocenters. The van der Waals surface area contributed by atoms with Crippen LogP contribution in [-0.2, 0) is 15.1 Å². The van der Waals surface area contributed by atoms with Gasteiger partial charge in [-0.3, -0.25) is 19.7 Å². The molecule has 7 rings (SSSR count). The summed E-state index contributed by atoms with van der Waals surface area (Å²) < 4.78 is 40.2. The van der Waals surface area contributed by atoms with Crippen LogP contribution in [0.1, 0.15) is 52.1 Å². The maximum atomic E-state index is 13.6. The van der Waals surface area contributed by atoms with Crippen LogP contribution in [0.3, 0.4) is 0 Å². The Labute approximate surface area is 278 Å². The number of nitrogens with one attached hydrogen (secondary N) is 2. The zero-order chi connectivity index (χ0) is 33.0. The second-order valence-electron chi connectivity index (χ2n) is 10.4. The van der Waals surface area contributed by atoms with Crippen LogP contribution in [0, 0.1) is 11.6 Å². The number of imide groups is 1. The molecule has 3 aliphatic rings. The molecular formula is C33H25Br2F2N3O6. The third kappa shape index (κ3) is 6.95. The third-order valence-corrected chi connectivity index (χ3v) is 8.41. The smallest absolute Gasteiger partial charge is 0.322 e. The van der Waals surface area contributed by atoms with Crippen LogP contribution < -0.4 is 25.8 Å². The molecule has 3 heterocycles. The van der Waals surface area contributed by atoms with Crippen molar-refractivity contribution in [3.8, 4) is 11.5 Å². The summed E-state index contributed by atoms with van der Waals surface area (Å²) in [4.78, 5) is 45.0. The fraction of sp³-hybridized carbons (Fsp3) is 0.152. The lowest BCUT2D eigenvalue weighted by Gasteiger charge is -2.37. The molecule has 9 nitrogen and oxygen atoms in total. The number of ketones is 1. The van der Waals surface area contributed by atoms with Gasteiger partial charge in [0.2, 0.25) is 6.41 Å². The van der Waals surface area contributed by atoms with Gasteiger partial charge < -0.3 is 20.5 Å². The molecular weight excluding hydrogens is 732 g/mol. The molecule has 0 radical (unpaired) electrons. The van der Waals surface area contributed by atoms with E-state index in [2.05, 4.69) is 48.2 Å². The minimum absolute atomic E-state index is 0.0109. The maximum Gasteiger partial charge on any atom is 0.322 e. The van der Waals surface area contributed by atoms with E-state index < -0.39 is 29.7 Å². The largest absolute Gasteiger partial charge is 0.485 e. The average Bonchev–Trinajstić information content (AvgIpc) is 3.30. The molecule has 0 aliphatic carbocycles. The van der Waals surface area contributed by atoms with Crippen molar-refractivity contribution in [1.29, 1.82) is 0 Å². The summed E-state index contributed by atoms with van der Waals surface area (Å²) in [5, 5.41) is 5.01. The summed E-state index contributed by atoms with van der Waals surface area (Å²) in [7, 11) is 0. The van der Waals surface area contributed by atoms with Gasteiger partial charge in [-0.1, -0.05) is 56.1 Å². The van der Waals surface area contributed by atoms with Crippen molar-refractivity contribution in [3.63, 3.8) is 0 Å². The lowest BCUT2D eigenvalue weighted by molar-refractivity contribution is -0.126. The highest BCUT2D eigenvalue weighted by molar-refractivity contribution is 9.10. The highest BCUT2D eigenvalue weighted by Gasteiger charge is 2.53. The number of Topliss-reactive ketones (excluding diaryl/α,β-unsaturated/α-hetero) is 1. The second kappa shape index (κ2) is 13.8. The Balaban J connectivity index is 0.000000171. The molecule has 0 saturated carbocycles.